The van der Waals surface area contributed by atoms with Crippen LogP contribution in [0.3, 0.4) is 0 Å². The maximum absolute atomic E-state index is 14.7. The van der Waals surface area contributed by atoms with Gasteiger partial charge in [0, 0.05) is 10.7 Å². The van der Waals surface area contributed by atoms with Crippen LogP contribution < -0.4 is 9.47 Å². The first-order chi connectivity index (χ1) is 17.0. The molecule has 0 saturated carbocycles. The van der Waals surface area contributed by atoms with E-state index < -0.39 is 67.1 Å². The summed E-state index contributed by atoms with van der Waals surface area (Å²) in [5.74, 6) is -13.2. The Balaban J connectivity index is 2.12. The molecule has 0 heterocycles. The second-order valence-corrected chi connectivity index (χ2v) is 13.9. The van der Waals surface area contributed by atoms with Crippen LogP contribution in [0, 0.1) is 41.1 Å². The molecule has 0 fully saturated rings. The average Bonchev–Trinajstić information content (AvgIpc) is 2.75. The van der Waals surface area contributed by atoms with Crippen molar-refractivity contribution in [1.82, 2.24) is 0 Å². The number of carbonyl (C=O) groups excluding carboxylic acids is 2. The predicted molar refractivity (Wildman–Crippen MR) is 161 cm³/mol. The molecule has 196 valence electrons. The zero-order valence-corrected chi connectivity index (χ0v) is 28.6. The Morgan fingerprint density at radius 1 is 0.676 bits per heavy atom. The molecule has 0 aliphatic heterocycles. The minimum Gasteiger partial charge on any atom is -0.744 e. The fraction of sp³-hybridized carbons (Fsp3) is 0. The fourth-order valence-electron chi connectivity index (χ4n) is 2.78. The number of hydrogen-bond acceptors (Lipinski definition) is 7. The lowest BCUT2D eigenvalue weighted by atomic mass is 10.0. The minimum absolute atomic E-state index is 0.103. The average molecular weight is 1100 g/mol. The van der Waals surface area contributed by atoms with E-state index in [1.807, 2.05) is 22.6 Å². The number of esters is 2. The highest BCUT2D eigenvalue weighted by atomic mass is 127. The molecule has 0 N–H and O–H groups in total. The predicted octanol–water partition coefficient (Wildman–Crippen LogP) is 6.61. The molecule has 0 spiro atoms. The number of hydrogen-bond donors (Lipinski definition) is 0. The second-order valence-electron chi connectivity index (χ2n) is 6.65. The maximum atomic E-state index is 14.7. The highest BCUT2D eigenvalue weighted by Crippen LogP contribution is 2.33. The molecule has 3 aromatic rings. The van der Waals surface area contributed by atoms with Crippen LogP contribution in [-0.2, 0) is 10.1 Å². The van der Waals surface area contributed by atoms with Crippen molar-refractivity contribution in [3.8, 4) is 11.5 Å². The molecule has 0 aliphatic carbocycles. The van der Waals surface area contributed by atoms with E-state index in [2.05, 4.69) is 0 Å². The number of rotatable bonds is 5. The monoisotopic (exact) mass is 1100 g/mol. The Labute approximate surface area is 273 Å². The third kappa shape index (κ3) is 6.79. The summed E-state index contributed by atoms with van der Waals surface area (Å²) in [6.45, 7) is 0. The summed E-state index contributed by atoms with van der Waals surface area (Å²) in [6.07, 6.45) is 0. The molecular weight excluding hydrogens is 1090 g/mol. The molecule has 7 nitrogen and oxygen atoms in total. The van der Waals surface area contributed by atoms with E-state index in [4.69, 9.17) is 9.47 Å². The van der Waals surface area contributed by atoms with Crippen LogP contribution in [0.15, 0.2) is 29.2 Å². The molecule has 0 unspecified atom stereocenters. The Morgan fingerprint density at radius 2 is 1.08 bits per heavy atom. The van der Waals surface area contributed by atoms with Crippen LogP contribution in [0.25, 0.3) is 0 Å². The molecular formula is C20H4F4I5O7S-. The molecule has 0 aromatic heterocycles. The third-order valence-electron chi connectivity index (χ3n) is 4.27. The maximum Gasteiger partial charge on any atom is 0.347 e. The molecule has 0 atom stereocenters. The van der Waals surface area contributed by atoms with Gasteiger partial charge in [0.05, 0.1) is 12.0 Å². The quantitative estimate of drug-likeness (QED) is 0.0539. The summed E-state index contributed by atoms with van der Waals surface area (Å²) in [6, 6.07) is 4.98. The largest absolute Gasteiger partial charge is 0.744 e. The first-order valence-corrected chi connectivity index (χ1v) is 15.7. The summed E-state index contributed by atoms with van der Waals surface area (Å²) >= 11 is 8.50. The smallest absolute Gasteiger partial charge is 0.347 e. The molecule has 0 saturated heterocycles. The molecule has 3 rings (SSSR count). The van der Waals surface area contributed by atoms with Crippen molar-refractivity contribution in [2.75, 3.05) is 0 Å². The van der Waals surface area contributed by atoms with Gasteiger partial charge in [0.1, 0.15) is 27.0 Å². The van der Waals surface area contributed by atoms with E-state index in [-0.39, 0.29) is 12.9 Å². The van der Waals surface area contributed by atoms with Crippen molar-refractivity contribution in [3.63, 3.8) is 0 Å². The van der Waals surface area contributed by atoms with E-state index in [0.29, 0.717) is 7.14 Å². The van der Waals surface area contributed by atoms with Crippen LogP contribution in [0.2, 0.25) is 0 Å². The molecule has 37 heavy (non-hydrogen) atoms. The van der Waals surface area contributed by atoms with E-state index in [0.717, 1.165) is 15.7 Å². The first-order valence-electron chi connectivity index (χ1n) is 8.94. The van der Waals surface area contributed by atoms with Gasteiger partial charge in [-0.05, 0) is 137 Å². The lowest BCUT2D eigenvalue weighted by Gasteiger charge is -2.15. The Hall–Kier alpha value is -0.120. The number of carbonyl (C=O) groups is 2. The Bertz CT molecular complexity index is 1550. The topological polar surface area (TPSA) is 110 Å². The van der Waals surface area contributed by atoms with Crippen molar-refractivity contribution in [3.05, 3.63) is 76.5 Å². The van der Waals surface area contributed by atoms with E-state index in [9.17, 15) is 40.1 Å². The van der Waals surface area contributed by atoms with E-state index in [1.165, 1.54) is 45.2 Å². The van der Waals surface area contributed by atoms with Gasteiger partial charge in [0.25, 0.3) is 0 Å². The molecule has 3 aromatic carbocycles. The summed E-state index contributed by atoms with van der Waals surface area (Å²) in [4.78, 5) is 25.0. The fourth-order valence-corrected chi connectivity index (χ4v) is 10.5. The van der Waals surface area contributed by atoms with Gasteiger partial charge in [-0.3, -0.25) is 0 Å². The van der Waals surface area contributed by atoms with Crippen LogP contribution in [0.4, 0.5) is 17.6 Å². The molecule has 0 amide bonds. The van der Waals surface area contributed by atoms with Gasteiger partial charge in [0.15, 0.2) is 29.0 Å². The summed E-state index contributed by atoms with van der Waals surface area (Å²) in [7, 11) is -4.91. The van der Waals surface area contributed by atoms with E-state index >= 15 is 0 Å². The highest BCUT2D eigenvalue weighted by Gasteiger charge is 2.35. The SMILES string of the molecule is O=C(Oc1cc(I)c(S(=O)(=O)[O-])c(I)c1)c1c(F)c(F)c(F)c(F)c1C(=O)Oc1c(I)cc(I)cc1I. The van der Waals surface area contributed by atoms with Crippen LogP contribution in [0.1, 0.15) is 20.7 Å². The highest BCUT2D eigenvalue weighted by molar-refractivity contribution is 14.1. The Morgan fingerprint density at radius 3 is 1.49 bits per heavy atom. The molecule has 17 heteroatoms. The van der Waals surface area contributed by atoms with Crippen molar-refractivity contribution in [1.29, 1.82) is 0 Å². The third-order valence-corrected chi connectivity index (χ3v) is 9.86. The van der Waals surface area contributed by atoms with Crippen molar-refractivity contribution in [2.45, 2.75) is 4.90 Å². The second kappa shape index (κ2) is 12.2. The van der Waals surface area contributed by atoms with Gasteiger partial charge < -0.3 is 14.0 Å². The molecule has 0 radical (unpaired) electrons. The van der Waals surface area contributed by atoms with Gasteiger partial charge in [-0.15, -0.1) is 0 Å². The summed E-state index contributed by atoms with van der Waals surface area (Å²) in [5.41, 5.74) is -3.16. The van der Waals surface area contributed by atoms with Crippen molar-refractivity contribution >= 4 is 135 Å². The van der Waals surface area contributed by atoms with Crippen molar-refractivity contribution < 1.29 is 49.6 Å². The zero-order valence-electron chi connectivity index (χ0n) is 17.0. The molecule has 0 aliphatic rings. The Kier molecular flexibility index (Phi) is 10.3. The molecule has 0 bridgehead atoms. The van der Waals surface area contributed by atoms with Crippen LogP contribution >= 0.6 is 113 Å². The minimum atomic E-state index is -4.91. The normalized spacial score (nSPS) is 11.4. The van der Waals surface area contributed by atoms with Crippen LogP contribution in [0.5, 0.6) is 11.5 Å². The van der Waals surface area contributed by atoms with Gasteiger partial charge in [0.2, 0.25) is 0 Å². The summed E-state index contributed by atoms with van der Waals surface area (Å²) in [5, 5.41) is 0. The van der Waals surface area contributed by atoms with Crippen molar-refractivity contribution in [2.24, 2.45) is 0 Å². The van der Waals surface area contributed by atoms with Gasteiger partial charge in [-0.25, -0.2) is 35.6 Å². The van der Waals surface area contributed by atoms with Gasteiger partial charge >= 0.3 is 11.9 Å². The zero-order chi connectivity index (χ0) is 28.0. The first kappa shape index (κ1) is 31.4. The van der Waals surface area contributed by atoms with E-state index in [1.54, 1.807) is 57.3 Å². The van der Waals surface area contributed by atoms with Gasteiger partial charge in [-0.1, -0.05) is 0 Å². The lowest BCUT2D eigenvalue weighted by molar-refractivity contribution is 0.0678. The van der Waals surface area contributed by atoms with Gasteiger partial charge in [-0.2, -0.15) is 0 Å². The number of ether oxygens (including phenoxy) is 2. The number of halogens is 9. The standard InChI is InChI=1S/C20H5F4I5O7S/c21-13-11(19(30)35-6-3-9(28)18(10(29)4-6)37(32,33)34)12(14(22)16(24)15(13)23)20(31)36-17-7(26)1-5(25)2-8(17)27/h1-4H,(H,32,33,34)/p-1. The summed E-state index contributed by atoms with van der Waals surface area (Å²) < 4.78 is 103. The lowest BCUT2D eigenvalue weighted by Crippen LogP contribution is -2.24. The number of benzene rings is 3. The van der Waals surface area contributed by atoms with Crippen LogP contribution in [-0.4, -0.2) is 24.9 Å².